The molecule has 80 valence electrons. The molecule has 1 fully saturated rings. The van der Waals surface area contributed by atoms with Gasteiger partial charge in [0.2, 0.25) is 5.91 Å². The number of likely N-dealkylation sites (tertiary alicyclic amines) is 1. The molecule has 4 nitrogen and oxygen atoms in total. The van der Waals surface area contributed by atoms with E-state index in [0.717, 1.165) is 24.4 Å². The molecule has 1 atom stereocenters. The highest BCUT2D eigenvalue weighted by atomic mass is 79.9. The van der Waals surface area contributed by atoms with Crippen LogP contribution in [-0.4, -0.2) is 32.4 Å². The van der Waals surface area contributed by atoms with E-state index in [-0.39, 0.29) is 10.7 Å². The molecule has 2 rings (SSSR count). The van der Waals surface area contributed by atoms with E-state index in [0.29, 0.717) is 6.54 Å². The molecule has 15 heavy (non-hydrogen) atoms. The number of rotatable bonds is 2. The molecular weight excluding hydrogens is 258 g/mol. The topological polar surface area (TPSA) is 46.1 Å². The second-order valence-corrected chi connectivity index (χ2v) is 4.79. The maximum Gasteiger partial charge on any atom is 0.236 e. The van der Waals surface area contributed by atoms with Gasteiger partial charge in [0.15, 0.2) is 0 Å². The van der Waals surface area contributed by atoms with E-state index >= 15 is 0 Å². The third kappa shape index (κ3) is 2.34. The Labute approximate surface area is 96.8 Å². The van der Waals surface area contributed by atoms with Gasteiger partial charge in [0.25, 0.3) is 0 Å². The third-order valence-corrected chi connectivity index (χ3v) is 3.29. The number of halogens is 1. The predicted molar refractivity (Wildman–Crippen MR) is 59.5 cm³/mol. The van der Waals surface area contributed by atoms with Crippen molar-refractivity contribution in [3.8, 4) is 0 Å². The van der Waals surface area contributed by atoms with Crippen LogP contribution in [0.4, 0.5) is 0 Å². The van der Waals surface area contributed by atoms with Crippen LogP contribution < -0.4 is 0 Å². The fourth-order valence-electron chi connectivity index (χ4n) is 1.56. The first kappa shape index (κ1) is 10.5. The van der Waals surface area contributed by atoms with E-state index in [2.05, 4.69) is 26.1 Å². The Morgan fingerprint density at radius 2 is 2.33 bits per heavy atom. The Bertz CT molecular complexity index is 365. The zero-order valence-corrected chi connectivity index (χ0v) is 10.1. The van der Waals surface area contributed by atoms with E-state index < -0.39 is 0 Å². The van der Waals surface area contributed by atoms with Gasteiger partial charge >= 0.3 is 0 Å². The minimum Gasteiger partial charge on any atom is -0.336 e. The minimum atomic E-state index is -0.0177. The summed E-state index contributed by atoms with van der Waals surface area (Å²) in [6.07, 6.45) is 0.873. The third-order valence-electron chi connectivity index (χ3n) is 2.44. The van der Waals surface area contributed by atoms with Crippen LogP contribution in [0.5, 0.6) is 0 Å². The molecule has 0 saturated carbocycles. The molecule has 0 N–H and O–H groups in total. The van der Waals surface area contributed by atoms with Crippen molar-refractivity contribution >= 4 is 21.8 Å². The second kappa shape index (κ2) is 4.26. The van der Waals surface area contributed by atoms with Gasteiger partial charge in [-0.05, 0) is 25.5 Å². The summed E-state index contributed by atoms with van der Waals surface area (Å²) >= 11 is 3.34. The first-order valence-corrected chi connectivity index (χ1v) is 5.80. The monoisotopic (exact) mass is 269 g/mol. The van der Waals surface area contributed by atoms with Gasteiger partial charge in [0, 0.05) is 6.54 Å². The van der Waals surface area contributed by atoms with E-state index in [9.17, 15) is 4.79 Å². The lowest BCUT2D eigenvalue weighted by Gasteiger charge is -2.14. The first-order valence-electron chi connectivity index (χ1n) is 4.89. The molecule has 1 amide bonds. The van der Waals surface area contributed by atoms with Crippen LogP contribution in [0.3, 0.4) is 0 Å². The number of amides is 1. The largest absolute Gasteiger partial charge is 0.336 e. The molecular formula is C10H12BrN3O. The van der Waals surface area contributed by atoms with Crippen LogP contribution in [0.2, 0.25) is 0 Å². The summed E-state index contributed by atoms with van der Waals surface area (Å²) in [4.78, 5) is 13.4. The number of nitrogens with zero attached hydrogens (tertiary/aromatic N) is 3. The molecule has 1 saturated heterocycles. The summed E-state index contributed by atoms with van der Waals surface area (Å²) < 4.78 is 0. The van der Waals surface area contributed by atoms with Gasteiger partial charge in [-0.15, -0.1) is 0 Å². The fraction of sp³-hybridized carbons (Fsp3) is 0.500. The second-order valence-electron chi connectivity index (χ2n) is 3.68. The Hall–Kier alpha value is -0.970. The highest BCUT2D eigenvalue weighted by Crippen LogP contribution is 2.19. The van der Waals surface area contributed by atoms with Gasteiger partial charge in [0.1, 0.15) is 0 Å². The molecule has 2 heterocycles. The molecule has 0 radical (unpaired) electrons. The van der Waals surface area contributed by atoms with Crippen molar-refractivity contribution in [2.24, 2.45) is 0 Å². The lowest BCUT2D eigenvalue weighted by molar-refractivity contribution is -0.127. The molecule has 0 bridgehead atoms. The highest BCUT2D eigenvalue weighted by Gasteiger charge is 2.29. The number of aryl methyl sites for hydroxylation is 1. The summed E-state index contributed by atoms with van der Waals surface area (Å²) in [5.74, 6) is 0.150. The van der Waals surface area contributed by atoms with Crippen molar-refractivity contribution in [1.29, 1.82) is 0 Å². The molecule has 0 aromatic carbocycles. The number of carbonyl (C=O) groups is 1. The Morgan fingerprint density at radius 3 is 2.87 bits per heavy atom. The standard InChI is InChI=1S/C10H12BrN3O/c1-7-2-3-8(13-12-7)6-14-5-4-9(11)10(14)15/h2-3,9H,4-6H2,1H3. The quantitative estimate of drug-likeness (QED) is 0.760. The Balaban J connectivity index is 2.03. The van der Waals surface area contributed by atoms with Crippen LogP contribution in [0.15, 0.2) is 12.1 Å². The molecule has 1 unspecified atom stereocenters. The fourth-order valence-corrected chi connectivity index (χ4v) is 2.06. The number of hydrogen-bond donors (Lipinski definition) is 0. The first-order chi connectivity index (χ1) is 7.16. The maximum atomic E-state index is 11.6. The molecule has 0 aliphatic carbocycles. The number of aromatic nitrogens is 2. The van der Waals surface area contributed by atoms with E-state index in [4.69, 9.17) is 0 Å². The molecule has 1 aromatic heterocycles. The van der Waals surface area contributed by atoms with E-state index in [1.807, 2.05) is 19.1 Å². The molecule has 1 aliphatic heterocycles. The average molecular weight is 270 g/mol. The van der Waals surface area contributed by atoms with Crippen molar-refractivity contribution in [2.45, 2.75) is 24.7 Å². The number of alkyl halides is 1. The van der Waals surface area contributed by atoms with Crippen molar-refractivity contribution in [2.75, 3.05) is 6.54 Å². The molecule has 0 spiro atoms. The summed E-state index contributed by atoms with van der Waals surface area (Å²) in [5, 5.41) is 8.01. The lowest BCUT2D eigenvalue weighted by atomic mass is 10.3. The van der Waals surface area contributed by atoms with Crippen LogP contribution in [0.25, 0.3) is 0 Å². The van der Waals surface area contributed by atoms with Gasteiger partial charge in [-0.25, -0.2) is 0 Å². The van der Waals surface area contributed by atoms with Crippen molar-refractivity contribution in [3.63, 3.8) is 0 Å². The smallest absolute Gasteiger partial charge is 0.236 e. The SMILES string of the molecule is Cc1ccc(CN2CCC(Br)C2=O)nn1. The van der Waals surface area contributed by atoms with Crippen LogP contribution in [-0.2, 0) is 11.3 Å². The van der Waals surface area contributed by atoms with Gasteiger partial charge in [-0.1, -0.05) is 15.9 Å². The van der Waals surface area contributed by atoms with Crippen LogP contribution in [0, 0.1) is 6.92 Å². The van der Waals surface area contributed by atoms with Crippen molar-refractivity contribution in [1.82, 2.24) is 15.1 Å². The summed E-state index contributed by atoms with van der Waals surface area (Å²) in [6.45, 7) is 3.25. The zero-order chi connectivity index (χ0) is 10.8. The van der Waals surface area contributed by atoms with E-state index in [1.54, 1.807) is 4.90 Å². The normalized spacial score (nSPS) is 21.1. The number of carbonyl (C=O) groups excluding carboxylic acids is 1. The zero-order valence-electron chi connectivity index (χ0n) is 8.48. The number of hydrogen-bond acceptors (Lipinski definition) is 3. The lowest BCUT2D eigenvalue weighted by Crippen LogP contribution is -2.27. The van der Waals surface area contributed by atoms with Gasteiger partial charge in [-0.3, -0.25) is 4.79 Å². The Kier molecular flexibility index (Phi) is 3.00. The summed E-state index contributed by atoms with van der Waals surface area (Å²) in [7, 11) is 0. The average Bonchev–Trinajstić information content (AvgIpc) is 2.53. The van der Waals surface area contributed by atoms with E-state index in [1.165, 1.54) is 0 Å². The van der Waals surface area contributed by atoms with Gasteiger partial charge in [0.05, 0.1) is 22.8 Å². The van der Waals surface area contributed by atoms with Gasteiger partial charge in [-0.2, -0.15) is 10.2 Å². The van der Waals surface area contributed by atoms with Gasteiger partial charge < -0.3 is 4.90 Å². The predicted octanol–water partition coefficient (Wildman–Crippen LogP) is 1.28. The maximum absolute atomic E-state index is 11.6. The molecule has 1 aromatic rings. The minimum absolute atomic E-state index is 0.0177. The highest BCUT2D eigenvalue weighted by molar-refractivity contribution is 9.10. The molecule has 1 aliphatic rings. The molecule has 5 heteroatoms. The Morgan fingerprint density at radius 1 is 1.53 bits per heavy atom. The van der Waals surface area contributed by atoms with Crippen LogP contribution >= 0.6 is 15.9 Å². The summed E-state index contributed by atoms with van der Waals surface area (Å²) in [5.41, 5.74) is 1.74. The van der Waals surface area contributed by atoms with Crippen molar-refractivity contribution < 1.29 is 4.79 Å². The van der Waals surface area contributed by atoms with Crippen LogP contribution in [0.1, 0.15) is 17.8 Å². The van der Waals surface area contributed by atoms with Crippen molar-refractivity contribution in [3.05, 3.63) is 23.5 Å². The summed E-state index contributed by atoms with van der Waals surface area (Å²) in [6, 6.07) is 3.83.